The molecule has 25 heavy (non-hydrogen) atoms. The van der Waals surface area contributed by atoms with Crippen LogP contribution in [0.1, 0.15) is 17.0 Å². The second-order valence-corrected chi connectivity index (χ2v) is 6.18. The maximum absolute atomic E-state index is 11.4. The molecule has 126 valence electrons. The third-order valence-corrected chi connectivity index (χ3v) is 4.69. The van der Waals surface area contributed by atoms with Crippen molar-refractivity contribution in [2.75, 3.05) is 5.32 Å². The Bertz CT molecular complexity index is 928. The van der Waals surface area contributed by atoms with Crippen molar-refractivity contribution in [1.29, 1.82) is 0 Å². The normalized spacial score (nSPS) is 24.8. The summed E-state index contributed by atoms with van der Waals surface area (Å²) in [4.78, 5) is 26.8. The van der Waals surface area contributed by atoms with Gasteiger partial charge >= 0.3 is 6.09 Å². The fourth-order valence-electron chi connectivity index (χ4n) is 3.46. The molecule has 3 N–H and O–H groups in total. The number of primary amides is 1. The number of cyclic esters (lactones) is 1. The Morgan fingerprint density at radius 1 is 1.36 bits per heavy atom. The zero-order chi connectivity index (χ0) is 17.1. The van der Waals surface area contributed by atoms with Crippen LogP contribution < -0.4 is 20.5 Å². The van der Waals surface area contributed by atoms with E-state index in [0.29, 0.717) is 22.9 Å². The SMILES string of the molecule is NC(=O)[C@@H]1[C@H]2Oc3ccc(Oc4ccnc5c4COC(=O)N5)cc3[C@H]21. The molecule has 2 aromatic rings. The van der Waals surface area contributed by atoms with E-state index >= 15 is 0 Å². The summed E-state index contributed by atoms with van der Waals surface area (Å²) >= 11 is 0. The molecule has 3 aliphatic rings. The lowest BCUT2D eigenvalue weighted by Crippen LogP contribution is -2.21. The summed E-state index contributed by atoms with van der Waals surface area (Å²) in [7, 11) is 0. The van der Waals surface area contributed by atoms with E-state index in [0.717, 1.165) is 11.3 Å². The van der Waals surface area contributed by atoms with Crippen LogP contribution in [0.15, 0.2) is 30.5 Å². The van der Waals surface area contributed by atoms with E-state index < -0.39 is 6.09 Å². The fourth-order valence-corrected chi connectivity index (χ4v) is 3.46. The van der Waals surface area contributed by atoms with Crippen molar-refractivity contribution in [3.8, 4) is 17.2 Å². The minimum Gasteiger partial charge on any atom is -0.489 e. The molecule has 0 radical (unpaired) electrons. The Balaban J connectivity index is 1.44. The molecule has 1 fully saturated rings. The largest absolute Gasteiger partial charge is 0.489 e. The first-order valence-electron chi connectivity index (χ1n) is 7.81. The van der Waals surface area contributed by atoms with Crippen LogP contribution in [0.3, 0.4) is 0 Å². The van der Waals surface area contributed by atoms with E-state index in [9.17, 15) is 9.59 Å². The van der Waals surface area contributed by atoms with Crippen LogP contribution in [-0.2, 0) is 16.1 Å². The number of carbonyl (C=O) groups excluding carboxylic acids is 2. The maximum atomic E-state index is 11.4. The van der Waals surface area contributed by atoms with Crippen molar-refractivity contribution >= 4 is 17.8 Å². The van der Waals surface area contributed by atoms with Gasteiger partial charge in [-0.05, 0) is 24.3 Å². The summed E-state index contributed by atoms with van der Waals surface area (Å²) in [6.07, 6.45) is 0.861. The first kappa shape index (κ1) is 14.1. The highest BCUT2D eigenvalue weighted by atomic mass is 16.6. The van der Waals surface area contributed by atoms with Gasteiger partial charge in [0.2, 0.25) is 5.91 Å². The van der Waals surface area contributed by atoms with E-state index in [1.165, 1.54) is 0 Å². The minimum absolute atomic E-state index is 0.00465. The van der Waals surface area contributed by atoms with Crippen LogP contribution in [0, 0.1) is 5.92 Å². The average molecular weight is 339 g/mol. The number of ether oxygens (including phenoxy) is 3. The van der Waals surface area contributed by atoms with Crippen molar-refractivity contribution in [3.63, 3.8) is 0 Å². The van der Waals surface area contributed by atoms with Crippen molar-refractivity contribution in [2.24, 2.45) is 11.7 Å². The summed E-state index contributed by atoms with van der Waals surface area (Å²) in [5.41, 5.74) is 6.98. The van der Waals surface area contributed by atoms with Gasteiger partial charge in [0, 0.05) is 17.7 Å². The molecule has 1 aliphatic carbocycles. The second-order valence-electron chi connectivity index (χ2n) is 6.18. The minimum atomic E-state index is -0.538. The topological polar surface area (TPSA) is 113 Å². The third kappa shape index (κ3) is 2.10. The average Bonchev–Trinajstić information content (AvgIpc) is 3.19. The van der Waals surface area contributed by atoms with Crippen LogP contribution in [0.5, 0.6) is 17.2 Å². The second kappa shape index (κ2) is 4.85. The number of nitrogens with two attached hydrogens (primary N) is 1. The lowest BCUT2D eigenvalue weighted by atomic mass is 10.1. The molecule has 0 saturated heterocycles. The molecule has 0 bridgehead atoms. The molecule has 3 heterocycles. The van der Waals surface area contributed by atoms with Crippen molar-refractivity contribution < 1.29 is 23.8 Å². The van der Waals surface area contributed by atoms with Gasteiger partial charge in [-0.25, -0.2) is 9.78 Å². The molecule has 2 amide bonds. The fraction of sp³-hybridized carbons (Fsp3) is 0.235. The van der Waals surface area contributed by atoms with Crippen LogP contribution in [0.4, 0.5) is 10.6 Å². The molecule has 1 saturated carbocycles. The summed E-state index contributed by atoms with van der Waals surface area (Å²) in [6.45, 7) is 0.0901. The summed E-state index contributed by atoms with van der Waals surface area (Å²) in [6, 6.07) is 7.17. The zero-order valence-corrected chi connectivity index (χ0v) is 12.9. The van der Waals surface area contributed by atoms with Crippen LogP contribution >= 0.6 is 0 Å². The number of carbonyl (C=O) groups is 2. The van der Waals surface area contributed by atoms with Crippen LogP contribution in [-0.4, -0.2) is 23.1 Å². The van der Waals surface area contributed by atoms with Gasteiger partial charge in [0.05, 0.1) is 11.5 Å². The van der Waals surface area contributed by atoms with Crippen LogP contribution in [0.25, 0.3) is 0 Å². The number of aromatic nitrogens is 1. The Hall–Kier alpha value is -3.29. The highest BCUT2D eigenvalue weighted by molar-refractivity contribution is 5.86. The van der Waals surface area contributed by atoms with E-state index in [1.807, 2.05) is 12.1 Å². The maximum Gasteiger partial charge on any atom is 0.413 e. The summed E-state index contributed by atoms with van der Waals surface area (Å²) in [5.74, 6) is 1.72. The van der Waals surface area contributed by atoms with Crippen molar-refractivity contribution in [1.82, 2.24) is 4.98 Å². The summed E-state index contributed by atoms with van der Waals surface area (Å²) in [5, 5.41) is 2.54. The number of nitrogens with zero attached hydrogens (tertiary/aromatic N) is 1. The predicted molar refractivity (Wildman–Crippen MR) is 84.4 cm³/mol. The molecule has 1 aromatic carbocycles. The van der Waals surface area contributed by atoms with Gasteiger partial charge in [-0.3, -0.25) is 10.1 Å². The Kier molecular flexibility index (Phi) is 2.74. The van der Waals surface area contributed by atoms with Gasteiger partial charge in [-0.2, -0.15) is 0 Å². The molecular weight excluding hydrogens is 326 g/mol. The number of anilines is 1. The molecule has 8 nitrogen and oxygen atoms in total. The summed E-state index contributed by atoms with van der Waals surface area (Å²) < 4.78 is 16.7. The molecule has 8 heteroatoms. The Morgan fingerprint density at radius 2 is 2.24 bits per heavy atom. The highest BCUT2D eigenvalue weighted by Gasteiger charge is 2.62. The van der Waals surface area contributed by atoms with Gasteiger partial charge < -0.3 is 19.9 Å². The molecule has 2 aliphatic heterocycles. The first-order valence-corrected chi connectivity index (χ1v) is 7.81. The lowest BCUT2D eigenvalue weighted by molar-refractivity contribution is -0.119. The van der Waals surface area contributed by atoms with Crippen molar-refractivity contribution in [2.45, 2.75) is 18.6 Å². The Morgan fingerprint density at radius 3 is 3.08 bits per heavy atom. The van der Waals surface area contributed by atoms with E-state index in [2.05, 4.69) is 10.3 Å². The third-order valence-electron chi connectivity index (χ3n) is 4.69. The molecule has 0 spiro atoms. The number of rotatable bonds is 3. The number of nitrogens with one attached hydrogen (secondary N) is 1. The Labute approximate surface area is 141 Å². The molecule has 5 rings (SSSR count). The standard InChI is InChI=1S/C17H13N3O5/c18-15(21)13-12-8-5-7(1-2-10(8)25-14(12)13)24-11-3-4-19-16-9(11)6-23-17(22)20-16/h1-5,12-14H,6H2,(H2,18,21)(H,19,20,22)/t12-,13-,14-/m0/s1. The van der Waals surface area contributed by atoms with Crippen LogP contribution in [0.2, 0.25) is 0 Å². The number of benzene rings is 1. The monoisotopic (exact) mass is 339 g/mol. The van der Waals surface area contributed by atoms with E-state index in [-0.39, 0.29) is 30.5 Å². The van der Waals surface area contributed by atoms with Gasteiger partial charge in [-0.15, -0.1) is 0 Å². The van der Waals surface area contributed by atoms with E-state index in [1.54, 1.807) is 18.3 Å². The molecular formula is C17H13N3O5. The quantitative estimate of drug-likeness (QED) is 0.883. The first-order chi connectivity index (χ1) is 12.1. The van der Waals surface area contributed by atoms with Gasteiger partial charge in [-0.1, -0.05) is 0 Å². The highest BCUT2D eigenvalue weighted by Crippen LogP contribution is 2.58. The number of amides is 2. The lowest BCUT2D eigenvalue weighted by Gasteiger charge is -2.19. The predicted octanol–water partition coefficient (Wildman–Crippen LogP) is 1.90. The van der Waals surface area contributed by atoms with E-state index in [4.69, 9.17) is 19.9 Å². The molecule has 3 atom stereocenters. The van der Waals surface area contributed by atoms with Gasteiger partial charge in [0.1, 0.15) is 35.8 Å². The molecule has 0 unspecified atom stereocenters. The number of fused-ring (bicyclic) bond motifs is 4. The zero-order valence-electron chi connectivity index (χ0n) is 12.9. The number of hydrogen-bond donors (Lipinski definition) is 2. The molecule has 1 aromatic heterocycles. The number of pyridine rings is 1. The smallest absolute Gasteiger partial charge is 0.413 e. The van der Waals surface area contributed by atoms with Gasteiger partial charge in [0.25, 0.3) is 0 Å². The number of hydrogen-bond acceptors (Lipinski definition) is 6. The van der Waals surface area contributed by atoms with Crippen molar-refractivity contribution in [3.05, 3.63) is 41.6 Å². The van der Waals surface area contributed by atoms with Gasteiger partial charge in [0.15, 0.2) is 0 Å².